The number of unbranched alkanes of at least 4 members (excludes halogenated alkanes) is 3. The van der Waals surface area contributed by atoms with Gasteiger partial charge in [0.1, 0.15) is 35.9 Å². The van der Waals surface area contributed by atoms with Crippen LogP contribution in [0.15, 0.2) is 47.5 Å². The zero-order valence-corrected chi connectivity index (χ0v) is 50.3. The minimum absolute atomic E-state index is 0.00588. The van der Waals surface area contributed by atoms with Crippen LogP contribution >= 0.6 is 0 Å². The molecule has 87 heavy (non-hydrogen) atoms. The van der Waals surface area contributed by atoms with E-state index in [0.29, 0.717) is 75.0 Å². The number of anilines is 1. The first-order valence-corrected chi connectivity index (χ1v) is 29.0. The molecule has 8 amide bonds. The molecule has 0 saturated heterocycles. The lowest BCUT2D eigenvalue weighted by atomic mass is 10.0. The number of primary amides is 1. The van der Waals surface area contributed by atoms with Gasteiger partial charge in [0.15, 0.2) is 29.8 Å². The molecule has 0 saturated carbocycles. The van der Waals surface area contributed by atoms with Crippen LogP contribution in [-0.4, -0.2) is 172 Å². The predicted molar refractivity (Wildman–Crippen MR) is 337 cm³/mol. The number of carbonyl (C=O) groups excluding carboxylic acids is 8. The Morgan fingerprint density at radius 3 is 1.30 bits per heavy atom. The number of benzene rings is 1. The van der Waals surface area contributed by atoms with Crippen molar-refractivity contribution in [3.8, 4) is 0 Å². The number of hydrogen-bond donors (Lipinski definition) is 21. The van der Waals surface area contributed by atoms with E-state index >= 15 is 0 Å². The summed E-state index contributed by atoms with van der Waals surface area (Å²) in [5.74, 6) is -6.14. The second-order valence-electron chi connectivity index (χ2n) is 20.1. The maximum atomic E-state index is 14.5. The smallest absolute Gasteiger partial charge is 0.251 e. The molecule has 0 aliphatic rings. The van der Waals surface area contributed by atoms with Gasteiger partial charge in [0, 0.05) is 76.3 Å². The highest BCUT2D eigenvalue weighted by atomic mass is 32.1. The molecule has 0 bridgehead atoms. The van der Waals surface area contributed by atoms with E-state index in [1.54, 1.807) is 6.07 Å². The predicted octanol–water partition coefficient (Wildman–Crippen LogP) is -6.70. The van der Waals surface area contributed by atoms with Crippen LogP contribution in [0.5, 0.6) is 0 Å². The number of nitrogen functional groups attached to an aromatic ring is 1. The molecule has 6 unspecified atom stereocenters. The highest BCUT2D eigenvalue weighted by molar-refractivity contribution is 7.47. The molecule has 0 aliphatic carbocycles. The quantitative estimate of drug-likeness (QED) is 0.0125. The van der Waals surface area contributed by atoms with Crippen LogP contribution < -0.4 is 117 Å². The average molecular weight is 1250 g/mol. The van der Waals surface area contributed by atoms with Gasteiger partial charge in [-0.05, 0) is 121 Å². The van der Waals surface area contributed by atoms with E-state index in [1.807, 2.05) is 0 Å². The first-order chi connectivity index (χ1) is 41.4. The van der Waals surface area contributed by atoms with Crippen molar-refractivity contribution in [1.29, 1.82) is 0 Å². The minimum Gasteiger partial charge on any atom is -0.397 e. The normalized spacial score (nSPS) is 12.7. The molecule has 0 heterocycles. The summed E-state index contributed by atoms with van der Waals surface area (Å²) < 4.78 is 3.65. The lowest BCUT2D eigenvalue weighted by molar-refractivity contribution is -0.135. The van der Waals surface area contributed by atoms with Crippen LogP contribution in [-0.2, 0) is 46.0 Å². The van der Waals surface area contributed by atoms with Crippen molar-refractivity contribution in [3.63, 3.8) is 0 Å². The second kappa shape index (κ2) is 44.5. The van der Waals surface area contributed by atoms with Gasteiger partial charge >= 0.3 is 0 Å². The molecular weight excluding hydrogens is 1150 g/mol. The number of nitrogens with zero attached hydrogens (tertiary/aromatic N) is 6. The number of carbonyl (C=O) groups is 8. The number of hydrogen-bond acceptors (Lipinski definition) is 18. The Hall–Kier alpha value is -8.93. The summed E-state index contributed by atoms with van der Waals surface area (Å²) in [6, 6.07) is -2.26. The maximum absolute atomic E-state index is 14.5. The first-order valence-electron chi connectivity index (χ1n) is 28.6. The van der Waals surface area contributed by atoms with Gasteiger partial charge < -0.3 is 117 Å². The SMILES string of the molecule is NCCCCC(NC(=O)CNCC(CCCN=C(N)N)NC(=O)C(CCCN=C(N)N)NC(=O)C(CCCN=C(N)N)NC(=O)C(CCCN=C(N)N)NC(=O)C(CCCN=C(N)N)NC(=O)CCCCCNC(=O)c1ccc(N)c(N=S)c1)C(N)=O. The molecule has 1 aromatic rings. The molecule has 0 fully saturated rings. The van der Waals surface area contributed by atoms with E-state index in [2.05, 4.69) is 71.9 Å². The zero-order valence-electron chi connectivity index (χ0n) is 49.4. The van der Waals surface area contributed by atoms with E-state index < -0.39 is 77.6 Å². The maximum Gasteiger partial charge on any atom is 0.251 e. The number of guanidine groups is 5. The van der Waals surface area contributed by atoms with Crippen LogP contribution in [0.3, 0.4) is 0 Å². The highest BCUT2D eigenvalue weighted by Gasteiger charge is 2.32. The molecule has 6 atom stereocenters. The van der Waals surface area contributed by atoms with Gasteiger partial charge in [-0.2, -0.15) is 4.36 Å². The molecular formula is C51H95N27O8S. The van der Waals surface area contributed by atoms with Gasteiger partial charge in [0.2, 0.25) is 41.4 Å². The van der Waals surface area contributed by atoms with Gasteiger partial charge in [-0.3, -0.25) is 63.3 Å². The summed E-state index contributed by atoms with van der Waals surface area (Å²) in [7, 11) is 0. The van der Waals surface area contributed by atoms with Crippen LogP contribution in [0, 0.1) is 0 Å². The van der Waals surface area contributed by atoms with Crippen LogP contribution in [0.1, 0.15) is 120 Å². The zero-order chi connectivity index (χ0) is 65.1. The van der Waals surface area contributed by atoms with Crippen molar-refractivity contribution in [2.45, 2.75) is 145 Å². The molecule has 1 aromatic carbocycles. The van der Waals surface area contributed by atoms with Crippen LogP contribution in [0.2, 0.25) is 0 Å². The first kappa shape index (κ1) is 76.1. The molecule has 0 aromatic heterocycles. The largest absolute Gasteiger partial charge is 0.397 e. The number of nitrogens with two attached hydrogens (primary N) is 13. The molecule has 35 nitrogen and oxygen atoms in total. The van der Waals surface area contributed by atoms with Gasteiger partial charge in [-0.1, -0.05) is 6.42 Å². The lowest BCUT2D eigenvalue weighted by Gasteiger charge is -2.27. The third-order valence-electron chi connectivity index (χ3n) is 12.7. The van der Waals surface area contributed by atoms with Crippen molar-refractivity contribution in [2.24, 2.45) is 98.1 Å². The fourth-order valence-corrected chi connectivity index (χ4v) is 8.44. The highest BCUT2D eigenvalue weighted by Crippen LogP contribution is 2.23. The fraction of sp³-hybridized carbons (Fsp3) is 0.627. The molecule has 1 rings (SSSR count). The topological polar surface area (TPSA) is 645 Å². The Morgan fingerprint density at radius 1 is 0.460 bits per heavy atom. The molecule has 34 N–H and O–H groups in total. The number of amides is 8. The van der Waals surface area contributed by atoms with Crippen molar-refractivity contribution in [3.05, 3.63) is 23.8 Å². The third-order valence-corrected chi connectivity index (χ3v) is 12.9. The van der Waals surface area contributed by atoms with E-state index in [4.69, 9.17) is 87.0 Å². The Bertz CT molecular complexity index is 2500. The Balaban J connectivity index is 3.50. The average Bonchev–Trinajstić information content (AvgIpc) is 3.54. The summed E-state index contributed by atoms with van der Waals surface area (Å²) in [5, 5.41) is 22.2. The van der Waals surface area contributed by atoms with Gasteiger partial charge in [-0.25, -0.2) is 0 Å². The Kier molecular flexibility index (Phi) is 38.9. The standard InChI is InChI=1S/C51H95N27O8S/c52-20-4-3-12-33(41(54)81)73-40(80)29-65-28-31(11-6-22-67-47(55)56)72-43(83)35(14-8-24-69-49(59)60)75-45(85)37(16-10-26-71-51(63)64)77-46(86)36(15-9-25-70-50(61)62)76-44(84)34(13-7-23-68-48(57)58)74-39(79)17-2-1-5-21-66-42(82)30-18-19-32(53)38(27-30)78-87/h18-19,27,31,33-37,65H,1-17,20-26,28-29,52-53H2,(H2,54,81)(H,66,82)(H,72,83)(H,73,80)(H,74,79)(H,75,85)(H,76,84)(H,77,86)(H4,55,56,67)(H4,57,58,68)(H4,59,60,69)(H4,61,62,70)(H4,63,64,71). The molecule has 488 valence electrons. The van der Waals surface area contributed by atoms with Crippen molar-refractivity contribution in [2.75, 3.05) is 64.6 Å². The van der Waals surface area contributed by atoms with Crippen LogP contribution in [0.25, 0.3) is 0 Å². The molecule has 0 radical (unpaired) electrons. The van der Waals surface area contributed by atoms with E-state index in [-0.39, 0.29) is 146 Å². The van der Waals surface area contributed by atoms with Crippen molar-refractivity contribution < 1.29 is 38.4 Å². The van der Waals surface area contributed by atoms with E-state index in [0.717, 1.165) is 0 Å². The Morgan fingerprint density at radius 2 is 0.874 bits per heavy atom. The summed E-state index contributed by atoms with van der Waals surface area (Å²) in [6.45, 7) is 0.895. The minimum atomic E-state index is -1.38. The van der Waals surface area contributed by atoms with E-state index in [9.17, 15) is 38.4 Å². The van der Waals surface area contributed by atoms with Crippen LogP contribution in [0.4, 0.5) is 11.4 Å². The van der Waals surface area contributed by atoms with Gasteiger partial charge in [0.25, 0.3) is 5.91 Å². The number of rotatable bonds is 47. The molecule has 0 aliphatic heterocycles. The summed E-state index contributed by atoms with van der Waals surface area (Å²) in [6.07, 6.45) is 4.15. The van der Waals surface area contributed by atoms with Crippen molar-refractivity contribution >= 4 is 101 Å². The van der Waals surface area contributed by atoms with Gasteiger partial charge in [-0.15, -0.1) is 0 Å². The summed E-state index contributed by atoms with van der Waals surface area (Å²) in [5.41, 5.74) is 73.4. The lowest BCUT2D eigenvalue weighted by Crippen LogP contribution is -2.59. The summed E-state index contributed by atoms with van der Waals surface area (Å²) in [4.78, 5) is 129. The van der Waals surface area contributed by atoms with Crippen molar-refractivity contribution in [1.82, 2.24) is 42.5 Å². The monoisotopic (exact) mass is 1250 g/mol. The third kappa shape index (κ3) is 36.5. The van der Waals surface area contributed by atoms with Gasteiger partial charge in [0.05, 0.1) is 12.2 Å². The number of nitrogens with one attached hydrogen (secondary N) is 8. The molecule has 0 spiro atoms. The van der Waals surface area contributed by atoms with E-state index in [1.165, 1.54) is 12.1 Å². The Labute approximate surface area is 512 Å². The second-order valence-corrected chi connectivity index (χ2v) is 20.3. The molecule has 36 heteroatoms. The fourth-order valence-electron chi connectivity index (χ4n) is 8.28. The number of aliphatic imine (C=N–C) groups is 5. The summed E-state index contributed by atoms with van der Waals surface area (Å²) >= 11 is 4.72.